The number of imide groups is 1. The Balaban J connectivity index is 1.34. The van der Waals surface area contributed by atoms with E-state index in [0.29, 0.717) is 36.3 Å². The number of hydrogen-bond acceptors (Lipinski definition) is 5. The maximum atomic E-state index is 12.9. The number of piperidine rings is 1. The Labute approximate surface area is 187 Å². The normalized spacial score (nSPS) is 19.6. The minimum atomic E-state index is -0.291. The molecule has 0 radical (unpaired) electrons. The molecule has 0 aromatic heterocycles. The molecule has 2 aliphatic heterocycles. The number of nitriles is 1. The first-order chi connectivity index (χ1) is 15.5. The number of hydrogen-bond donors (Lipinski definition) is 1. The molecule has 4 amide bonds. The second kappa shape index (κ2) is 9.51. The van der Waals surface area contributed by atoms with E-state index in [2.05, 4.69) is 5.32 Å². The Bertz CT molecular complexity index is 969. The molecule has 8 heteroatoms. The Morgan fingerprint density at radius 3 is 2.38 bits per heavy atom. The van der Waals surface area contributed by atoms with Crippen molar-refractivity contribution in [3.63, 3.8) is 0 Å². The molecule has 168 valence electrons. The molecular formula is C24H28N4O4. The SMILES string of the molecule is N#CCC(=O)N1CCC(CNC(=O)c2ccc3c(c2)C(=O)N(C2CCCCC2)C3=O)CC1. The summed E-state index contributed by atoms with van der Waals surface area (Å²) in [5.74, 6) is -0.700. The van der Waals surface area contributed by atoms with Crippen molar-refractivity contribution < 1.29 is 19.2 Å². The summed E-state index contributed by atoms with van der Waals surface area (Å²) in [5.41, 5.74) is 1.07. The van der Waals surface area contributed by atoms with Crippen LogP contribution in [0, 0.1) is 17.2 Å². The number of nitrogens with zero attached hydrogens (tertiary/aromatic N) is 3. The first-order valence-electron chi connectivity index (χ1n) is 11.4. The summed E-state index contributed by atoms with van der Waals surface area (Å²) in [7, 11) is 0. The lowest BCUT2D eigenvalue weighted by molar-refractivity contribution is -0.131. The minimum Gasteiger partial charge on any atom is -0.352 e. The molecule has 0 bridgehead atoms. The molecule has 0 spiro atoms. The van der Waals surface area contributed by atoms with Crippen molar-refractivity contribution in [1.82, 2.24) is 15.1 Å². The maximum Gasteiger partial charge on any atom is 0.261 e. The van der Waals surface area contributed by atoms with E-state index in [1.54, 1.807) is 17.0 Å². The van der Waals surface area contributed by atoms with Gasteiger partial charge >= 0.3 is 0 Å². The summed E-state index contributed by atoms with van der Waals surface area (Å²) >= 11 is 0. The fourth-order valence-corrected chi connectivity index (χ4v) is 4.98. The number of nitrogens with one attached hydrogen (secondary N) is 1. The highest BCUT2D eigenvalue weighted by molar-refractivity contribution is 6.22. The van der Waals surface area contributed by atoms with E-state index in [1.165, 1.54) is 11.0 Å². The summed E-state index contributed by atoms with van der Waals surface area (Å²) in [6.07, 6.45) is 6.32. The molecule has 3 aliphatic rings. The largest absolute Gasteiger partial charge is 0.352 e. The summed E-state index contributed by atoms with van der Waals surface area (Å²) < 4.78 is 0. The van der Waals surface area contributed by atoms with Crippen molar-refractivity contribution in [2.24, 2.45) is 5.92 Å². The van der Waals surface area contributed by atoms with Gasteiger partial charge in [0.25, 0.3) is 17.7 Å². The monoisotopic (exact) mass is 436 g/mol. The van der Waals surface area contributed by atoms with Gasteiger partial charge in [-0.15, -0.1) is 0 Å². The first-order valence-corrected chi connectivity index (χ1v) is 11.4. The minimum absolute atomic E-state index is 0.0423. The predicted molar refractivity (Wildman–Crippen MR) is 116 cm³/mol. The quantitative estimate of drug-likeness (QED) is 0.713. The van der Waals surface area contributed by atoms with Crippen molar-refractivity contribution in [2.45, 2.75) is 57.4 Å². The molecule has 1 aromatic rings. The van der Waals surface area contributed by atoms with E-state index < -0.39 is 0 Å². The van der Waals surface area contributed by atoms with Crippen LogP contribution in [0.2, 0.25) is 0 Å². The van der Waals surface area contributed by atoms with Gasteiger partial charge in [-0.05, 0) is 49.8 Å². The number of carbonyl (C=O) groups excluding carboxylic acids is 4. The van der Waals surface area contributed by atoms with E-state index in [0.717, 1.165) is 44.9 Å². The van der Waals surface area contributed by atoms with Crippen LogP contribution in [0.1, 0.15) is 82.4 Å². The fourth-order valence-electron chi connectivity index (χ4n) is 4.98. The van der Waals surface area contributed by atoms with Gasteiger partial charge in [-0.25, -0.2) is 0 Å². The van der Waals surface area contributed by atoms with Crippen molar-refractivity contribution >= 4 is 23.6 Å². The molecule has 8 nitrogen and oxygen atoms in total. The molecule has 1 saturated carbocycles. The van der Waals surface area contributed by atoms with Gasteiger partial charge in [-0.2, -0.15) is 5.26 Å². The molecule has 32 heavy (non-hydrogen) atoms. The standard InChI is InChI=1S/C24H28N4O4/c25-11-8-21(29)27-12-9-16(10-13-27)15-26-22(30)17-6-7-19-20(14-17)24(32)28(23(19)31)18-4-2-1-3-5-18/h6-7,14,16,18H,1-5,8-10,12-13,15H2,(H,26,30). The third kappa shape index (κ3) is 4.38. The Morgan fingerprint density at radius 2 is 1.69 bits per heavy atom. The van der Waals surface area contributed by atoms with Gasteiger partial charge in [-0.1, -0.05) is 19.3 Å². The zero-order chi connectivity index (χ0) is 22.7. The Kier molecular flexibility index (Phi) is 6.54. The predicted octanol–water partition coefficient (Wildman–Crippen LogP) is 2.50. The van der Waals surface area contributed by atoms with Gasteiger partial charge in [0, 0.05) is 31.2 Å². The van der Waals surface area contributed by atoms with Gasteiger partial charge in [0.15, 0.2) is 0 Å². The van der Waals surface area contributed by atoms with Gasteiger partial charge in [0.2, 0.25) is 5.91 Å². The van der Waals surface area contributed by atoms with Crippen molar-refractivity contribution in [3.8, 4) is 6.07 Å². The number of carbonyl (C=O) groups is 4. The van der Waals surface area contributed by atoms with E-state index in [4.69, 9.17) is 5.26 Å². The molecule has 0 unspecified atom stereocenters. The second-order valence-corrected chi connectivity index (χ2v) is 8.90. The average molecular weight is 437 g/mol. The molecule has 1 N–H and O–H groups in total. The highest BCUT2D eigenvalue weighted by Gasteiger charge is 2.40. The molecule has 2 fully saturated rings. The molecule has 1 saturated heterocycles. The van der Waals surface area contributed by atoms with E-state index in [9.17, 15) is 19.2 Å². The van der Waals surface area contributed by atoms with Crippen LogP contribution in [0.15, 0.2) is 18.2 Å². The molecule has 1 aromatic carbocycles. The first kappa shape index (κ1) is 22.0. The zero-order valence-corrected chi connectivity index (χ0v) is 18.1. The van der Waals surface area contributed by atoms with E-state index in [1.807, 2.05) is 6.07 Å². The maximum absolute atomic E-state index is 12.9. The third-order valence-electron chi connectivity index (χ3n) is 6.87. The summed E-state index contributed by atoms with van der Waals surface area (Å²) in [5, 5.41) is 11.6. The van der Waals surface area contributed by atoms with Crippen LogP contribution in [-0.4, -0.2) is 59.1 Å². The molecular weight excluding hydrogens is 408 g/mol. The second-order valence-electron chi connectivity index (χ2n) is 8.90. The lowest BCUT2D eigenvalue weighted by Gasteiger charge is -2.31. The topological polar surface area (TPSA) is 111 Å². The van der Waals surface area contributed by atoms with Gasteiger partial charge in [0.05, 0.1) is 17.2 Å². The zero-order valence-electron chi connectivity index (χ0n) is 18.1. The van der Waals surface area contributed by atoms with Gasteiger partial charge in [-0.3, -0.25) is 24.1 Å². The lowest BCUT2D eigenvalue weighted by atomic mass is 9.94. The van der Waals surface area contributed by atoms with Gasteiger partial charge in [0.1, 0.15) is 6.42 Å². The molecule has 1 aliphatic carbocycles. The van der Waals surface area contributed by atoms with Crippen LogP contribution < -0.4 is 5.32 Å². The number of rotatable bonds is 5. The van der Waals surface area contributed by atoms with Crippen molar-refractivity contribution in [2.75, 3.05) is 19.6 Å². The number of fused-ring (bicyclic) bond motifs is 1. The fraction of sp³-hybridized carbons (Fsp3) is 0.542. The van der Waals surface area contributed by atoms with Crippen LogP contribution >= 0.6 is 0 Å². The Morgan fingerprint density at radius 1 is 1.00 bits per heavy atom. The molecule has 0 atom stereocenters. The number of amides is 4. The summed E-state index contributed by atoms with van der Waals surface area (Å²) in [4.78, 5) is 53.3. The molecule has 4 rings (SSSR count). The van der Waals surface area contributed by atoms with Crippen LogP contribution in [0.25, 0.3) is 0 Å². The van der Waals surface area contributed by atoms with E-state index >= 15 is 0 Å². The van der Waals surface area contributed by atoms with Crippen LogP contribution in [-0.2, 0) is 4.79 Å². The van der Waals surface area contributed by atoms with Crippen LogP contribution in [0.4, 0.5) is 0 Å². The highest BCUT2D eigenvalue weighted by atomic mass is 16.2. The highest BCUT2D eigenvalue weighted by Crippen LogP contribution is 2.31. The summed E-state index contributed by atoms with van der Waals surface area (Å²) in [6.45, 7) is 1.66. The average Bonchev–Trinajstić information content (AvgIpc) is 3.08. The van der Waals surface area contributed by atoms with Crippen LogP contribution in [0.3, 0.4) is 0 Å². The van der Waals surface area contributed by atoms with Crippen LogP contribution in [0.5, 0.6) is 0 Å². The number of likely N-dealkylation sites (tertiary alicyclic amines) is 1. The third-order valence-corrected chi connectivity index (χ3v) is 6.87. The Hall–Kier alpha value is -3.21. The smallest absolute Gasteiger partial charge is 0.261 e. The molecule has 2 heterocycles. The number of benzene rings is 1. The van der Waals surface area contributed by atoms with Gasteiger partial charge < -0.3 is 10.2 Å². The van der Waals surface area contributed by atoms with E-state index in [-0.39, 0.29) is 42.0 Å². The van der Waals surface area contributed by atoms with Crippen molar-refractivity contribution in [1.29, 1.82) is 5.26 Å². The lowest BCUT2D eigenvalue weighted by Crippen LogP contribution is -2.41. The summed E-state index contributed by atoms with van der Waals surface area (Å²) in [6, 6.07) is 6.57. The van der Waals surface area contributed by atoms with Crippen molar-refractivity contribution in [3.05, 3.63) is 34.9 Å².